The van der Waals surface area contributed by atoms with Crippen molar-refractivity contribution in [3.05, 3.63) is 42.4 Å². The second-order valence-corrected chi connectivity index (χ2v) is 6.01. The summed E-state index contributed by atoms with van der Waals surface area (Å²) in [6.07, 6.45) is 7.52. The fourth-order valence-electron chi connectivity index (χ4n) is 2.90. The molecule has 0 spiro atoms. The number of likely N-dealkylation sites (tertiary alicyclic amines) is 1. The lowest BCUT2D eigenvalue weighted by Crippen LogP contribution is -2.44. The Morgan fingerprint density at radius 2 is 2.38 bits per heavy atom. The number of hydrogen-bond acceptors (Lipinski definition) is 4. The summed E-state index contributed by atoms with van der Waals surface area (Å²) in [6.45, 7) is 1.19. The Morgan fingerprint density at radius 1 is 1.50 bits per heavy atom. The number of carbonyl (C=O) groups excluding carboxylic acids is 1. The molecule has 6 nitrogen and oxygen atoms in total. The SMILES string of the molecule is Cn1cncc1CCC(=O)N1CCCC(Oc2ncccc2F)C1. The summed E-state index contributed by atoms with van der Waals surface area (Å²) in [4.78, 5) is 22.2. The third-order valence-corrected chi connectivity index (χ3v) is 4.25. The molecule has 7 heteroatoms. The molecule has 0 aliphatic carbocycles. The van der Waals surface area contributed by atoms with Crippen LogP contribution in [0.25, 0.3) is 0 Å². The summed E-state index contributed by atoms with van der Waals surface area (Å²) in [5.74, 6) is -0.380. The lowest BCUT2D eigenvalue weighted by molar-refractivity contribution is -0.133. The average molecular weight is 332 g/mol. The first-order valence-corrected chi connectivity index (χ1v) is 8.13. The molecule has 3 heterocycles. The van der Waals surface area contributed by atoms with Gasteiger partial charge in [0.05, 0.1) is 12.9 Å². The molecule has 1 amide bonds. The fourth-order valence-corrected chi connectivity index (χ4v) is 2.90. The molecule has 0 aromatic carbocycles. The van der Waals surface area contributed by atoms with Crippen molar-refractivity contribution < 1.29 is 13.9 Å². The van der Waals surface area contributed by atoms with Crippen molar-refractivity contribution in [3.63, 3.8) is 0 Å². The summed E-state index contributed by atoms with van der Waals surface area (Å²) in [7, 11) is 1.92. The summed E-state index contributed by atoms with van der Waals surface area (Å²) >= 11 is 0. The van der Waals surface area contributed by atoms with E-state index in [9.17, 15) is 9.18 Å². The molecule has 2 aromatic rings. The lowest BCUT2D eigenvalue weighted by Gasteiger charge is -2.32. The fraction of sp³-hybridized carbons (Fsp3) is 0.471. The van der Waals surface area contributed by atoms with Crippen LogP contribution in [0.5, 0.6) is 5.88 Å². The highest BCUT2D eigenvalue weighted by molar-refractivity contribution is 5.76. The summed E-state index contributed by atoms with van der Waals surface area (Å²) < 4.78 is 21.2. The van der Waals surface area contributed by atoms with Crippen molar-refractivity contribution in [1.82, 2.24) is 19.4 Å². The molecule has 0 bridgehead atoms. The van der Waals surface area contributed by atoms with Gasteiger partial charge in [0.25, 0.3) is 5.88 Å². The van der Waals surface area contributed by atoms with Crippen molar-refractivity contribution in [3.8, 4) is 5.88 Å². The number of pyridine rings is 1. The maximum absolute atomic E-state index is 13.6. The van der Waals surface area contributed by atoms with Crippen LogP contribution in [0.15, 0.2) is 30.9 Å². The number of halogens is 1. The molecule has 1 saturated heterocycles. The lowest BCUT2D eigenvalue weighted by atomic mass is 10.1. The zero-order chi connectivity index (χ0) is 16.9. The van der Waals surface area contributed by atoms with E-state index in [0.29, 0.717) is 19.4 Å². The topological polar surface area (TPSA) is 60.2 Å². The van der Waals surface area contributed by atoms with Crippen molar-refractivity contribution in [2.75, 3.05) is 13.1 Å². The monoisotopic (exact) mass is 332 g/mol. The number of ether oxygens (including phenoxy) is 1. The second-order valence-electron chi connectivity index (χ2n) is 6.01. The average Bonchev–Trinajstić information content (AvgIpc) is 3.00. The number of imidazole rings is 1. The van der Waals surface area contributed by atoms with Gasteiger partial charge in [0.2, 0.25) is 5.91 Å². The van der Waals surface area contributed by atoms with Crippen LogP contribution in [-0.2, 0) is 18.3 Å². The molecule has 1 aliphatic rings. The maximum atomic E-state index is 13.6. The Bertz CT molecular complexity index is 703. The van der Waals surface area contributed by atoms with Crippen molar-refractivity contribution >= 4 is 5.91 Å². The Hall–Kier alpha value is -2.44. The molecule has 1 aliphatic heterocycles. The maximum Gasteiger partial charge on any atom is 0.250 e. The van der Waals surface area contributed by atoms with Crippen molar-refractivity contribution in [1.29, 1.82) is 0 Å². The molecule has 1 atom stereocenters. The zero-order valence-corrected chi connectivity index (χ0v) is 13.7. The van der Waals surface area contributed by atoms with Crippen LogP contribution < -0.4 is 4.74 Å². The van der Waals surface area contributed by atoms with Gasteiger partial charge in [0, 0.05) is 38.1 Å². The Balaban J connectivity index is 1.54. The molecule has 2 aromatic heterocycles. The first-order valence-electron chi connectivity index (χ1n) is 8.13. The van der Waals surface area contributed by atoms with Crippen molar-refractivity contribution in [2.45, 2.75) is 31.8 Å². The Kier molecular flexibility index (Phi) is 5.08. The van der Waals surface area contributed by atoms with Crippen LogP contribution in [0.4, 0.5) is 4.39 Å². The number of piperidine rings is 1. The van der Waals surface area contributed by atoms with Crippen LogP contribution in [0.1, 0.15) is 25.0 Å². The minimum Gasteiger partial charge on any atom is -0.470 e. The number of aryl methyl sites for hydroxylation is 2. The van der Waals surface area contributed by atoms with Gasteiger partial charge >= 0.3 is 0 Å². The van der Waals surface area contributed by atoms with E-state index in [1.165, 1.54) is 18.3 Å². The van der Waals surface area contributed by atoms with E-state index in [4.69, 9.17) is 4.74 Å². The molecule has 0 radical (unpaired) electrons. The number of amides is 1. The number of rotatable bonds is 5. The quantitative estimate of drug-likeness (QED) is 0.840. The highest BCUT2D eigenvalue weighted by Crippen LogP contribution is 2.19. The first kappa shape index (κ1) is 16.4. The smallest absolute Gasteiger partial charge is 0.250 e. The molecule has 3 rings (SSSR count). The highest BCUT2D eigenvalue weighted by Gasteiger charge is 2.25. The highest BCUT2D eigenvalue weighted by atomic mass is 19.1. The molecular formula is C17H21FN4O2. The van der Waals surface area contributed by atoms with Crippen molar-refractivity contribution in [2.24, 2.45) is 7.05 Å². The van der Waals surface area contributed by atoms with E-state index >= 15 is 0 Å². The van der Waals surface area contributed by atoms with Gasteiger partial charge in [-0.2, -0.15) is 0 Å². The minimum absolute atomic E-state index is 0.00619. The van der Waals surface area contributed by atoms with Crippen LogP contribution >= 0.6 is 0 Å². The summed E-state index contributed by atoms with van der Waals surface area (Å²) in [5.41, 5.74) is 1.03. The van der Waals surface area contributed by atoms with E-state index in [-0.39, 0.29) is 17.9 Å². The van der Waals surface area contributed by atoms with E-state index in [1.54, 1.807) is 17.4 Å². The molecule has 128 valence electrons. The molecular weight excluding hydrogens is 311 g/mol. The van der Waals surface area contributed by atoms with E-state index in [2.05, 4.69) is 9.97 Å². The normalized spacial score (nSPS) is 17.8. The third kappa shape index (κ3) is 3.90. The molecule has 24 heavy (non-hydrogen) atoms. The van der Waals surface area contributed by atoms with Gasteiger partial charge in [-0.15, -0.1) is 0 Å². The Labute approximate surface area is 140 Å². The van der Waals surface area contributed by atoms with Crippen LogP contribution in [0, 0.1) is 5.82 Å². The van der Waals surface area contributed by atoms with E-state index in [0.717, 1.165) is 25.1 Å². The van der Waals surface area contributed by atoms with E-state index < -0.39 is 5.82 Å². The van der Waals surface area contributed by atoms with Gasteiger partial charge in [-0.3, -0.25) is 4.79 Å². The molecule has 0 saturated carbocycles. The summed E-state index contributed by atoms with van der Waals surface area (Å²) in [6, 6.07) is 2.85. The first-order chi connectivity index (χ1) is 11.6. The molecule has 0 N–H and O–H groups in total. The third-order valence-electron chi connectivity index (χ3n) is 4.25. The largest absolute Gasteiger partial charge is 0.470 e. The van der Waals surface area contributed by atoms with E-state index in [1.807, 2.05) is 11.6 Å². The summed E-state index contributed by atoms with van der Waals surface area (Å²) in [5, 5.41) is 0. The standard InChI is InChI=1S/C17H21FN4O2/c1-21-12-19-10-13(21)6-7-16(23)22-9-3-4-14(11-22)24-17-15(18)5-2-8-20-17/h2,5,8,10,12,14H,3-4,6-7,9,11H2,1H3. The van der Waals surface area contributed by atoms with Gasteiger partial charge in [0.15, 0.2) is 5.82 Å². The predicted molar refractivity (Wildman–Crippen MR) is 86.0 cm³/mol. The Morgan fingerprint density at radius 3 is 3.12 bits per heavy atom. The number of carbonyl (C=O) groups is 1. The molecule has 1 fully saturated rings. The zero-order valence-electron chi connectivity index (χ0n) is 13.7. The number of nitrogens with zero attached hydrogens (tertiary/aromatic N) is 4. The second kappa shape index (κ2) is 7.42. The number of hydrogen-bond donors (Lipinski definition) is 0. The van der Waals surface area contributed by atoms with Crippen LogP contribution in [0.2, 0.25) is 0 Å². The molecule has 1 unspecified atom stereocenters. The van der Waals surface area contributed by atoms with Gasteiger partial charge in [-0.1, -0.05) is 0 Å². The van der Waals surface area contributed by atoms with Gasteiger partial charge in [0.1, 0.15) is 6.10 Å². The minimum atomic E-state index is -0.475. The predicted octanol–water partition coefficient (Wildman–Crippen LogP) is 1.96. The van der Waals surface area contributed by atoms with Gasteiger partial charge in [-0.05, 0) is 31.4 Å². The van der Waals surface area contributed by atoms with Gasteiger partial charge < -0.3 is 14.2 Å². The number of aromatic nitrogens is 3. The van der Waals surface area contributed by atoms with Crippen LogP contribution in [0.3, 0.4) is 0 Å². The van der Waals surface area contributed by atoms with Crippen LogP contribution in [-0.4, -0.2) is 44.5 Å². The van der Waals surface area contributed by atoms with Gasteiger partial charge in [-0.25, -0.2) is 14.4 Å².